The van der Waals surface area contributed by atoms with E-state index in [0.29, 0.717) is 17.0 Å². The predicted molar refractivity (Wildman–Crippen MR) is 105 cm³/mol. The van der Waals surface area contributed by atoms with Gasteiger partial charge in [0.25, 0.3) is 0 Å². The fraction of sp³-hybridized carbons (Fsp3) is 0.450. The Bertz CT molecular complexity index is 815. The van der Waals surface area contributed by atoms with Crippen LogP contribution in [0.2, 0.25) is 0 Å². The van der Waals surface area contributed by atoms with Crippen LogP contribution in [0, 0.1) is 24.2 Å². The molecule has 6 heteroatoms. The summed E-state index contributed by atoms with van der Waals surface area (Å²) in [6.07, 6.45) is 2.26. The van der Waals surface area contributed by atoms with Crippen molar-refractivity contribution in [1.29, 1.82) is 5.26 Å². The number of nitrogens with one attached hydrogen (secondary N) is 1. The van der Waals surface area contributed by atoms with Crippen LogP contribution in [-0.2, 0) is 6.54 Å². The van der Waals surface area contributed by atoms with Gasteiger partial charge in [-0.05, 0) is 63.9 Å². The molecule has 0 spiro atoms. The summed E-state index contributed by atoms with van der Waals surface area (Å²) in [6, 6.07) is 7.35. The Morgan fingerprint density at radius 1 is 1.42 bits per heavy atom. The standard InChI is InChI=1S/C20H24N4OS/c1-14(25)19-4-3-17(10-21)9-20(19)22-11-16-5-7-24(8-6-16)12-18-13-26-15(2)23-18/h3-4,9,13,16,22H,5-8,11-12H2,1-2H3. The number of nitriles is 1. The molecule has 0 radical (unpaired) electrons. The summed E-state index contributed by atoms with van der Waals surface area (Å²) in [7, 11) is 0. The van der Waals surface area contributed by atoms with Crippen LogP contribution in [0.5, 0.6) is 0 Å². The SMILES string of the molecule is CC(=O)c1ccc(C#N)cc1NCC1CCN(Cc2csc(C)n2)CC1. The van der Waals surface area contributed by atoms with Crippen molar-refractivity contribution < 1.29 is 4.79 Å². The van der Waals surface area contributed by atoms with Crippen molar-refractivity contribution in [3.05, 3.63) is 45.4 Å². The number of thiazole rings is 1. The van der Waals surface area contributed by atoms with Gasteiger partial charge < -0.3 is 5.32 Å². The topological polar surface area (TPSA) is 69.0 Å². The van der Waals surface area contributed by atoms with Gasteiger partial charge in [0.2, 0.25) is 0 Å². The molecule has 0 bridgehead atoms. The number of ketones is 1. The average molecular weight is 369 g/mol. The summed E-state index contributed by atoms with van der Waals surface area (Å²) in [5, 5.41) is 15.8. The number of benzene rings is 1. The Balaban J connectivity index is 1.52. The van der Waals surface area contributed by atoms with Crippen molar-refractivity contribution in [2.75, 3.05) is 25.0 Å². The van der Waals surface area contributed by atoms with E-state index in [1.807, 2.05) is 6.92 Å². The summed E-state index contributed by atoms with van der Waals surface area (Å²) in [5.41, 5.74) is 3.17. The van der Waals surface area contributed by atoms with E-state index in [1.165, 1.54) is 5.69 Å². The maximum Gasteiger partial charge on any atom is 0.161 e. The van der Waals surface area contributed by atoms with Crippen molar-refractivity contribution in [2.24, 2.45) is 5.92 Å². The number of nitrogens with zero attached hydrogens (tertiary/aromatic N) is 3. The first-order chi connectivity index (χ1) is 12.5. The third-order valence-electron chi connectivity index (χ3n) is 4.87. The Labute approximate surface area is 158 Å². The highest BCUT2D eigenvalue weighted by Gasteiger charge is 2.20. The summed E-state index contributed by atoms with van der Waals surface area (Å²) < 4.78 is 0. The average Bonchev–Trinajstić information content (AvgIpc) is 3.05. The molecule has 1 aromatic heterocycles. The lowest BCUT2D eigenvalue weighted by Crippen LogP contribution is -2.35. The Morgan fingerprint density at radius 2 is 2.19 bits per heavy atom. The van der Waals surface area contributed by atoms with Crippen molar-refractivity contribution in [2.45, 2.75) is 33.2 Å². The molecule has 136 valence electrons. The Hall–Kier alpha value is -2.23. The van der Waals surface area contributed by atoms with Crippen LogP contribution in [0.3, 0.4) is 0 Å². The molecule has 1 aliphatic rings. The molecule has 1 fully saturated rings. The lowest BCUT2D eigenvalue weighted by Gasteiger charge is -2.31. The zero-order chi connectivity index (χ0) is 18.5. The summed E-state index contributed by atoms with van der Waals surface area (Å²) in [5.74, 6) is 0.597. The third kappa shape index (κ3) is 4.69. The lowest BCUT2D eigenvalue weighted by atomic mass is 9.96. The number of anilines is 1. The van der Waals surface area contributed by atoms with Gasteiger partial charge in [-0.1, -0.05) is 0 Å². The number of aromatic nitrogens is 1. The van der Waals surface area contributed by atoms with Gasteiger partial charge in [-0.3, -0.25) is 9.69 Å². The van der Waals surface area contributed by atoms with E-state index >= 15 is 0 Å². The highest BCUT2D eigenvalue weighted by Crippen LogP contribution is 2.23. The molecule has 0 unspecified atom stereocenters. The second-order valence-electron chi connectivity index (χ2n) is 6.89. The zero-order valence-electron chi connectivity index (χ0n) is 15.3. The molecule has 1 saturated heterocycles. The van der Waals surface area contributed by atoms with E-state index in [2.05, 4.69) is 26.6 Å². The molecule has 3 rings (SSSR count). The highest BCUT2D eigenvalue weighted by molar-refractivity contribution is 7.09. The van der Waals surface area contributed by atoms with E-state index in [0.717, 1.165) is 49.7 Å². The van der Waals surface area contributed by atoms with E-state index in [1.54, 1.807) is 36.5 Å². The van der Waals surface area contributed by atoms with Crippen LogP contribution in [0.15, 0.2) is 23.6 Å². The summed E-state index contributed by atoms with van der Waals surface area (Å²) >= 11 is 1.71. The minimum absolute atomic E-state index is 0.0189. The number of carbonyl (C=O) groups is 1. The molecule has 26 heavy (non-hydrogen) atoms. The van der Waals surface area contributed by atoms with Crippen molar-refractivity contribution in [3.63, 3.8) is 0 Å². The fourth-order valence-corrected chi connectivity index (χ4v) is 3.98. The molecule has 1 aliphatic heterocycles. The second-order valence-corrected chi connectivity index (χ2v) is 7.95. The minimum Gasteiger partial charge on any atom is -0.384 e. The van der Waals surface area contributed by atoms with E-state index in [-0.39, 0.29) is 5.78 Å². The molecule has 1 aromatic carbocycles. The van der Waals surface area contributed by atoms with Crippen molar-refractivity contribution in [3.8, 4) is 6.07 Å². The lowest BCUT2D eigenvalue weighted by molar-refractivity contribution is 0.101. The normalized spacial score (nSPS) is 15.6. The third-order valence-corrected chi connectivity index (χ3v) is 5.69. The number of likely N-dealkylation sites (tertiary alicyclic amines) is 1. The first-order valence-corrected chi connectivity index (χ1v) is 9.85. The Morgan fingerprint density at radius 3 is 2.81 bits per heavy atom. The van der Waals surface area contributed by atoms with Gasteiger partial charge >= 0.3 is 0 Å². The maximum absolute atomic E-state index is 11.8. The number of Topliss-reactive ketones (excluding diaryl/α,β-unsaturated/α-hetero) is 1. The molecule has 0 amide bonds. The van der Waals surface area contributed by atoms with Crippen LogP contribution in [-0.4, -0.2) is 35.3 Å². The number of carbonyl (C=O) groups excluding carboxylic acids is 1. The second kappa shape index (κ2) is 8.43. The monoisotopic (exact) mass is 368 g/mol. The van der Waals surface area contributed by atoms with E-state index in [4.69, 9.17) is 5.26 Å². The molecular formula is C20H24N4OS. The number of piperidine rings is 1. The van der Waals surface area contributed by atoms with Crippen LogP contribution in [0.4, 0.5) is 5.69 Å². The first-order valence-electron chi connectivity index (χ1n) is 8.97. The molecule has 1 N–H and O–H groups in total. The van der Waals surface area contributed by atoms with E-state index in [9.17, 15) is 4.79 Å². The predicted octanol–water partition coefficient (Wildman–Crippen LogP) is 3.85. The molecular weight excluding hydrogens is 344 g/mol. The van der Waals surface area contributed by atoms with Crippen LogP contribution >= 0.6 is 11.3 Å². The number of hydrogen-bond acceptors (Lipinski definition) is 6. The molecule has 0 saturated carbocycles. The highest BCUT2D eigenvalue weighted by atomic mass is 32.1. The van der Waals surface area contributed by atoms with Gasteiger partial charge in [-0.15, -0.1) is 11.3 Å². The Kier molecular flexibility index (Phi) is 6.02. The minimum atomic E-state index is 0.0189. The van der Waals surface area contributed by atoms with E-state index < -0.39 is 0 Å². The first kappa shape index (κ1) is 18.6. The van der Waals surface area contributed by atoms with Gasteiger partial charge in [0, 0.05) is 29.7 Å². The van der Waals surface area contributed by atoms with Gasteiger partial charge in [0.15, 0.2) is 5.78 Å². The van der Waals surface area contributed by atoms with Gasteiger partial charge in [-0.2, -0.15) is 5.26 Å². The van der Waals surface area contributed by atoms with Gasteiger partial charge in [0.1, 0.15) is 0 Å². The van der Waals surface area contributed by atoms with Crippen LogP contribution in [0.25, 0.3) is 0 Å². The number of aryl methyl sites for hydroxylation is 1. The quantitative estimate of drug-likeness (QED) is 0.784. The van der Waals surface area contributed by atoms with Gasteiger partial charge in [-0.25, -0.2) is 4.98 Å². The smallest absolute Gasteiger partial charge is 0.161 e. The fourth-order valence-electron chi connectivity index (χ4n) is 3.38. The largest absolute Gasteiger partial charge is 0.384 e. The van der Waals surface area contributed by atoms with Crippen LogP contribution < -0.4 is 5.32 Å². The molecule has 2 aromatic rings. The molecule has 0 aliphatic carbocycles. The molecule has 2 heterocycles. The van der Waals surface area contributed by atoms with Gasteiger partial charge in [0.05, 0.1) is 22.3 Å². The number of hydrogen-bond donors (Lipinski definition) is 1. The maximum atomic E-state index is 11.8. The summed E-state index contributed by atoms with van der Waals surface area (Å²) in [4.78, 5) is 18.8. The van der Waals surface area contributed by atoms with Crippen molar-refractivity contribution >= 4 is 22.8 Å². The van der Waals surface area contributed by atoms with Crippen molar-refractivity contribution in [1.82, 2.24) is 9.88 Å². The molecule has 5 nitrogen and oxygen atoms in total. The number of rotatable bonds is 6. The summed E-state index contributed by atoms with van der Waals surface area (Å²) in [6.45, 7) is 7.51. The molecule has 0 atom stereocenters. The van der Waals surface area contributed by atoms with Crippen LogP contribution in [0.1, 0.15) is 46.4 Å². The zero-order valence-corrected chi connectivity index (χ0v) is 16.1.